The summed E-state index contributed by atoms with van der Waals surface area (Å²) >= 11 is 0. The monoisotopic (exact) mass is 179 g/mol. The van der Waals surface area contributed by atoms with Gasteiger partial charge < -0.3 is 14.2 Å². The largest absolute Gasteiger partial charge is 0.470 e. The van der Waals surface area contributed by atoms with E-state index in [1.54, 1.807) is 0 Å². The van der Waals surface area contributed by atoms with Crippen LogP contribution < -0.4 is 0 Å². The van der Waals surface area contributed by atoms with Crippen LogP contribution in [0.5, 0.6) is 0 Å². The van der Waals surface area contributed by atoms with Gasteiger partial charge in [-0.15, -0.1) is 0 Å². The van der Waals surface area contributed by atoms with Crippen molar-refractivity contribution in [3.63, 3.8) is 0 Å². The summed E-state index contributed by atoms with van der Waals surface area (Å²) in [4.78, 5) is 20.0. The van der Waals surface area contributed by atoms with Gasteiger partial charge in [0.05, 0.1) is 6.20 Å². The number of hydrogen-bond acceptors (Lipinski definition) is 4. The molecular formula is C4H6NO5P. The molecule has 62 valence electrons. The maximum Gasteiger partial charge on any atom is 0.470 e. The maximum absolute atomic E-state index is 10.1. The van der Waals surface area contributed by atoms with E-state index in [4.69, 9.17) is 9.79 Å². The van der Waals surface area contributed by atoms with E-state index in [0.29, 0.717) is 0 Å². The highest BCUT2D eigenvalue weighted by Crippen LogP contribution is 2.36. The zero-order valence-corrected chi connectivity index (χ0v) is 6.27. The summed E-state index contributed by atoms with van der Waals surface area (Å²) in [7, 11) is -4.39. The number of phosphoric ester groups is 1. The van der Waals surface area contributed by atoms with E-state index in [1.807, 2.05) is 0 Å². The van der Waals surface area contributed by atoms with Crippen LogP contribution >= 0.6 is 7.82 Å². The zero-order chi connectivity index (χ0) is 8.32. The fraction of sp³-hybridized carbons (Fsp3) is 0.250. The van der Waals surface area contributed by atoms with Crippen molar-refractivity contribution < 1.29 is 23.3 Å². The predicted octanol–water partition coefficient (Wildman–Crippen LogP) is 0.284. The van der Waals surface area contributed by atoms with Crippen molar-refractivity contribution in [3.8, 4) is 0 Å². The molecule has 0 fully saturated rings. The lowest BCUT2D eigenvalue weighted by atomic mass is 10.6. The molecular weight excluding hydrogens is 173 g/mol. The van der Waals surface area contributed by atoms with E-state index in [0.717, 1.165) is 6.39 Å². The minimum absolute atomic E-state index is 0.272. The molecule has 0 aromatic carbocycles. The second kappa shape index (κ2) is 3.15. The van der Waals surface area contributed by atoms with E-state index < -0.39 is 7.82 Å². The van der Waals surface area contributed by atoms with Crippen molar-refractivity contribution in [1.29, 1.82) is 0 Å². The smallest absolute Gasteiger partial charge is 0.446 e. The average Bonchev–Trinajstić information content (AvgIpc) is 2.32. The van der Waals surface area contributed by atoms with Gasteiger partial charge in [-0.2, -0.15) is 0 Å². The standard InChI is InChI=1S/C4H6NO5P/c6-11(7,8)10-2-4-1-5-3-9-4/h1,3H,2H2,(H2,6,7,8). The molecule has 1 heterocycles. The number of rotatable bonds is 3. The van der Waals surface area contributed by atoms with Crippen molar-refractivity contribution in [2.24, 2.45) is 0 Å². The molecule has 0 spiro atoms. The van der Waals surface area contributed by atoms with E-state index in [9.17, 15) is 4.57 Å². The molecule has 0 saturated heterocycles. The molecule has 2 N–H and O–H groups in total. The lowest BCUT2D eigenvalue weighted by molar-refractivity contribution is 0.175. The summed E-state index contributed by atoms with van der Waals surface area (Å²) in [6, 6.07) is 0. The first kappa shape index (κ1) is 8.42. The normalized spacial score (nSPS) is 11.8. The van der Waals surface area contributed by atoms with Crippen LogP contribution in [-0.4, -0.2) is 14.8 Å². The number of hydrogen-bond donors (Lipinski definition) is 2. The van der Waals surface area contributed by atoms with Crippen LogP contribution in [0.15, 0.2) is 17.0 Å². The van der Waals surface area contributed by atoms with Crippen molar-refractivity contribution >= 4 is 7.82 Å². The quantitative estimate of drug-likeness (QED) is 0.647. The Bertz CT molecular complexity index is 251. The van der Waals surface area contributed by atoms with Crippen LogP contribution in [0.4, 0.5) is 0 Å². The first-order chi connectivity index (χ1) is 5.08. The molecule has 11 heavy (non-hydrogen) atoms. The SMILES string of the molecule is O=P(O)(O)OCc1cnco1. The van der Waals surface area contributed by atoms with Gasteiger partial charge in [0, 0.05) is 0 Å². The fourth-order valence-electron chi connectivity index (χ4n) is 0.461. The molecule has 1 aromatic heterocycles. The molecule has 0 saturated carbocycles. The highest BCUT2D eigenvalue weighted by atomic mass is 31.2. The van der Waals surface area contributed by atoms with Crippen LogP contribution in [-0.2, 0) is 15.7 Å². The molecule has 7 heteroatoms. The van der Waals surface area contributed by atoms with Gasteiger partial charge >= 0.3 is 7.82 Å². The number of aromatic nitrogens is 1. The van der Waals surface area contributed by atoms with E-state index in [1.165, 1.54) is 6.20 Å². The summed E-state index contributed by atoms with van der Waals surface area (Å²) < 4.78 is 18.9. The van der Waals surface area contributed by atoms with E-state index in [2.05, 4.69) is 13.9 Å². The van der Waals surface area contributed by atoms with Gasteiger partial charge in [-0.3, -0.25) is 4.52 Å². The van der Waals surface area contributed by atoms with Crippen LogP contribution in [0, 0.1) is 0 Å². The molecule has 0 atom stereocenters. The van der Waals surface area contributed by atoms with Crippen LogP contribution in [0.1, 0.15) is 5.76 Å². The van der Waals surface area contributed by atoms with Crippen molar-refractivity contribution in [1.82, 2.24) is 4.98 Å². The van der Waals surface area contributed by atoms with Gasteiger partial charge in [-0.05, 0) is 0 Å². The van der Waals surface area contributed by atoms with Crippen molar-refractivity contribution in [3.05, 3.63) is 18.4 Å². The van der Waals surface area contributed by atoms with Gasteiger partial charge in [0.2, 0.25) is 0 Å². The Morgan fingerprint density at radius 3 is 2.91 bits per heavy atom. The third-order valence-corrected chi connectivity index (χ3v) is 1.32. The summed E-state index contributed by atoms with van der Waals surface area (Å²) in [6.45, 7) is -0.274. The fourth-order valence-corrected chi connectivity index (χ4v) is 0.757. The van der Waals surface area contributed by atoms with Gasteiger partial charge in [0.1, 0.15) is 6.61 Å². The summed E-state index contributed by atoms with van der Waals surface area (Å²) in [6.07, 6.45) is 2.47. The predicted molar refractivity (Wildman–Crippen MR) is 33.3 cm³/mol. The third-order valence-electron chi connectivity index (χ3n) is 0.858. The van der Waals surface area contributed by atoms with Crippen molar-refractivity contribution in [2.45, 2.75) is 6.61 Å². The second-order valence-electron chi connectivity index (χ2n) is 1.73. The molecule has 0 unspecified atom stereocenters. The topological polar surface area (TPSA) is 92.8 Å². The molecule has 6 nitrogen and oxygen atoms in total. The van der Waals surface area contributed by atoms with Crippen LogP contribution in [0.2, 0.25) is 0 Å². The van der Waals surface area contributed by atoms with E-state index >= 15 is 0 Å². The van der Waals surface area contributed by atoms with Gasteiger partial charge in [0.15, 0.2) is 12.2 Å². The van der Waals surface area contributed by atoms with Gasteiger partial charge in [-0.25, -0.2) is 9.55 Å². The number of nitrogens with zero attached hydrogens (tertiary/aromatic N) is 1. The highest BCUT2D eigenvalue weighted by Gasteiger charge is 2.14. The Kier molecular flexibility index (Phi) is 2.41. The molecule has 0 aliphatic heterocycles. The Morgan fingerprint density at radius 2 is 2.45 bits per heavy atom. The highest BCUT2D eigenvalue weighted by molar-refractivity contribution is 7.46. The minimum atomic E-state index is -4.39. The van der Waals surface area contributed by atoms with E-state index in [-0.39, 0.29) is 12.4 Å². The molecule has 0 aliphatic carbocycles. The first-order valence-electron chi connectivity index (χ1n) is 2.65. The Hall–Kier alpha value is -0.680. The Labute approximate surface area is 62.1 Å². The summed E-state index contributed by atoms with van der Waals surface area (Å²) in [5.74, 6) is 0.272. The second-order valence-corrected chi connectivity index (χ2v) is 2.97. The maximum atomic E-state index is 10.1. The van der Waals surface area contributed by atoms with Gasteiger partial charge in [0.25, 0.3) is 0 Å². The average molecular weight is 179 g/mol. The molecule has 0 bridgehead atoms. The van der Waals surface area contributed by atoms with Crippen molar-refractivity contribution in [2.75, 3.05) is 0 Å². The molecule has 1 aromatic rings. The lowest BCUT2D eigenvalue weighted by Gasteiger charge is -2.00. The molecule has 1 rings (SSSR count). The molecule has 0 amide bonds. The summed E-state index contributed by atoms with van der Waals surface area (Å²) in [5, 5.41) is 0. The number of phosphoric acid groups is 1. The zero-order valence-electron chi connectivity index (χ0n) is 5.38. The minimum Gasteiger partial charge on any atom is -0.446 e. The van der Waals surface area contributed by atoms with Crippen LogP contribution in [0.25, 0.3) is 0 Å². The number of oxazole rings is 1. The Balaban J connectivity index is 2.41. The molecule has 0 aliphatic rings. The van der Waals surface area contributed by atoms with Gasteiger partial charge in [-0.1, -0.05) is 0 Å². The molecule has 0 radical (unpaired) electrons. The first-order valence-corrected chi connectivity index (χ1v) is 4.18. The Morgan fingerprint density at radius 1 is 1.73 bits per heavy atom. The third kappa shape index (κ3) is 3.29. The van der Waals surface area contributed by atoms with Crippen LogP contribution in [0.3, 0.4) is 0 Å². The lowest BCUT2D eigenvalue weighted by Crippen LogP contribution is -1.88. The summed E-state index contributed by atoms with van der Waals surface area (Å²) in [5.41, 5.74) is 0.